The fraction of sp³-hybridized carbons (Fsp3) is 0.588. The van der Waals surface area contributed by atoms with Crippen LogP contribution in [0, 0.1) is 0 Å². The predicted octanol–water partition coefficient (Wildman–Crippen LogP) is 2.41. The Kier molecular flexibility index (Phi) is 6.54. The summed E-state index contributed by atoms with van der Waals surface area (Å²) in [6.07, 6.45) is 8.07. The smallest absolute Gasteiger partial charge is 0.258 e. The first-order chi connectivity index (χ1) is 10.3. The normalized spacial score (nSPS) is 16.2. The molecule has 1 saturated carbocycles. The first kappa shape index (κ1) is 15.8. The van der Waals surface area contributed by atoms with Gasteiger partial charge in [0.2, 0.25) is 0 Å². The molecular formula is C17H26N2O2. The summed E-state index contributed by atoms with van der Waals surface area (Å²) >= 11 is 0. The van der Waals surface area contributed by atoms with Crippen LogP contribution >= 0.6 is 0 Å². The Labute approximate surface area is 127 Å². The number of rotatable bonds is 6. The molecule has 0 unspecified atom stereocenters. The lowest BCUT2D eigenvalue weighted by atomic mass is 10.1. The van der Waals surface area contributed by atoms with Crippen molar-refractivity contribution >= 4 is 5.91 Å². The fourth-order valence-electron chi connectivity index (χ4n) is 2.76. The van der Waals surface area contributed by atoms with E-state index >= 15 is 0 Å². The van der Waals surface area contributed by atoms with E-state index in [1.165, 1.54) is 31.2 Å². The molecule has 116 valence electrons. The van der Waals surface area contributed by atoms with Gasteiger partial charge in [0.25, 0.3) is 5.91 Å². The lowest BCUT2D eigenvalue weighted by Gasteiger charge is -2.16. The molecule has 1 aliphatic carbocycles. The van der Waals surface area contributed by atoms with Crippen molar-refractivity contribution in [2.24, 2.45) is 5.73 Å². The number of benzene rings is 1. The number of nitrogens with two attached hydrogens (primary N) is 1. The lowest BCUT2D eigenvalue weighted by Crippen LogP contribution is -2.37. The number of hydrogen-bond donors (Lipinski definition) is 2. The lowest BCUT2D eigenvalue weighted by molar-refractivity contribution is -0.123. The summed E-state index contributed by atoms with van der Waals surface area (Å²) in [5.74, 6) is 0.708. The number of carbonyl (C=O) groups excluding carboxylic acids is 1. The highest BCUT2D eigenvalue weighted by molar-refractivity contribution is 5.77. The highest BCUT2D eigenvalue weighted by Gasteiger charge is 2.14. The molecular weight excluding hydrogens is 264 g/mol. The molecule has 1 amide bonds. The summed E-state index contributed by atoms with van der Waals surface area (Å²) in [5, 5.41) is 3.08. The van der Waals surface area contributed by atoms with E-state index < -0.39 is 0 Å². The second kappa shape index (κ2) is 8.67. The standard InChI is InChI=1S/C17H26N2O2/c18-12-11-14-7-9-16(10-8-14)21-13-17(20)19-15-5-3-1-2-4-6-15/h7-10,15H,1-6,11-13,18H2,(H,19,20). The van der Waals surface area contributed by atoms with Crippen LogP contribution in [0.2, 0.25) is 0 Å². The van der Waals surface area contributed by atoms with Crippen molar-refractivity contribution in [2.75, 3.05) is 13.2 Å². The molecule has 1 fully saturated rings. The van der Waals surface area contributed by atoms with Crippen LogP contribution in [0.5, 0.6) is 5.75 Å². The predicted molar refractivity (Wildman–Crippen MR) is 84.3 cm³/mol. The van der Waals surface area contributed by atoms with Crippen molar-refractivity contribution in [2.45, 2.75) is 51.0 Å². The van der Waals surface area contributed by atoms with Crippen LogP contribution < -0.4 is 15.8 Å². The van der Waals surface area contributed by atoms with E-state index in [-0.39, 0.29) is 12.5 Å². The molecule has 2 rings (SSSR count). The zero-order valence-corrected chi connectivity index (χ0v) is 12.6. The Morgan fingerprint density at radius 2 is 1.81 bits per heavy atom. The highest BCUT2D eigenvalue weighted by Crippen LogP contribution is 2.17. The Bertz CT molecular complexity index is 423. The van der Waals surface area contributed by atoms with Gasteiger partial charge in [-0.15, -0.1) is 0 Å². The van der Waals surface area contributed by atoms with Crippen LogP contribution in [0.3, 0.4) is 0 Å². The molecule has 0 bridgehead atoms. The van der Waals surface area contributed by atoms with Crippen molar-refractivity contribution in [3.63, 3.8) is 0 Å². The molecule has 0 aromatic heterocycles. The van der Waals surface area contributed by atoms with E-state index in [1.807, 2.05) is 24.3 Å². The maximum atomic E-state index is 11.9. The topological polar surface area (TPSA) is 64.3 Å². The molecule has 0 saturated heterocycles. The summed E-state index contributed by atoms with van der Waals surface area (Å²) in [4.78, 5) is 11.9. The molecule has 0 aliphatic heterocycles. The average Bonchev–Trinajstić information content (AvgIpc) is 2.75. The van der Waals surface area contributed by atoms with Crippen LogP contribution in [-0.4, -0.2) is 25.1 Å². The Balaban J connectivity index is 1.72. The summed E-state index contributed by atoms with van der Waals surface area (Å²) in [6.45, 7) is 0.733. The molecule has 1 aromatic carbocycles. The van der Waals surface area contributed by atoms with E-state index in [0.717, 1.165) is 25.0 Å². The quantitative estimate of drug-likeness (QED) is 0.791. The zero-order valence-electron chi connectivity index (χ0n) is 12.6. The number of carbonyl (C=O) groups is 1. The second-order valence-electron chi connectivity index (χ2n) is 5.73. The van der Waals surface area contributed by atoms with Crippen LogP contribution in [-0.2, 0) is 11.2 Å². The van der Waals surface area contributed by atoms with Gasteiger partial charge in [-0.2, -0.15) is 0 Å². The summed E-state index contributed by atoms with van der Waals surface area (Å²) in [6, 6.07) is 8.10. The second-order valence-corrected chi connectivity index (χ2v) is 5.73. The van der Waals surface area contributed by atoms with Gasteiger partial charge in [0, 0.05) is 6.04 Å². The maximum Gasteiger partial charge on any atom is 0.258 e. The molecule has 0 atom stereocenters. The first-order valence-electron chi connectivity index (χ1n) is 7.99. The third-order valence-electron chi connectivity index (χ3n) is 3.95. The van der Waals surface area contributed by atoms with Gasteiger partial charge in [0.1, 0.15) is 5.75 Å². The number of nitrogens with one attached hydrogen (secondary N) is 1. The molecule has 4 heteroatoms. The zero-order chi connectivity index (χ0) is 14.9. The monoisotopic (exact) mass is 290 g/mol. The minimum Gasteiger partial charge on any atom is -0.484 e. The van der Waals surface area contributed by atoms with E-state index in [1.54, 1.807) is 0 Å². The van der Waals surface area contributed by atoms with E-state index in [0.29, 0.717) is 12.6 Å². The van der Waals surface area contributed by atoms with Crippen LogP contribution in [0.1, 0.15) is 44.1 Å². The molecule has 0 heterocycles. The van der Waals surface area contributed by atoms with Crippen LogP contribution in [0.4, 0.5) is 0 Å². The van der Waals surface area contributed by atoms with Gasteiger partial charge in [-0.3, -0.25) is 4.79 Å². The molecule has 21 heavy (non-hydrogen) atoms. The van der Waals surface area contributed by atoms with E-state index in [4.69, 9.17) is 10.5 Å². The van der Waals surface area contributed by atoms with Crippen molar-refractivity contribution in [3.05, 3.63) is 29.8 Å². The number of ether oxygens (including phenoxy) is 1. The van der Waals surface area contributed by atoms with Crippen molar-refractivity contribution in [1.82, 2.24) is 5.32 Å². The molecule has 1 aliphatic rings. The van der Waals surface area contributed by atoms with E-state index in [2.05, 4.69) is 5.32 Å². The van der Waals surface area contributed by atoms with Crippen molar-refractivity contribution in [1.29, 1.82) is 0 Å². The van der Waals surface area contributed by atoms with E-state index in [9.17, 15) is 4.79 Å². The third-order valence-corrected chi connectivity index (χ3v) is 3.95. The minimum atomic E-state index is -0.0204. The van der Waals surface area contributed by atoms with Gasteiger partial charge >= 0.3 is 0 Å². The number of hydrogen-bond acceptors (Lipinski definition) is 3. The van der Waals surface area contributed by atoms with Crippen molar-refractivity contribution in [3.8, 4) is 5.75 Å². The Hall–Kier alpha value is -1.55. The highest BCUT2D eigenvalue weighted by atomic mass is 16.5. The van der Waals surface area contributed by atoms with Gasteiger partial charge in [0.15, 0.2) is 6.61 Å². The first-order valence-corrected chi connectivity index (χ1v) is 7.99. The van der Waals surface area contributed by atoms with Crippen LogP contribution in [0.25, 0.3) is 0 Å². The third kappa shape index (κ3) is 5.76. The fourth-order valence-corrected chi connectivity index (χ4v) is 2.76. The Morgan fingerprint density at radius 1 is 1.14 bits per heavy atom. The summed E-state index contributed by atoms with van der Waals surface area (Å²) < 4.78 is 5.53. The average molecular weight is 290 g/mol. The minimum absolute atomic E-state index is 0.0204. The van der Waals surface area contributed by atoms with Crippen molar-refractivity contribution < 1.29 is 9.53 Å². The van der Waals surface area contributed by atoms with Gasteiger partial charge in [0.05, 0.1) is 0 Å². The largest absolute Gasteiger partial charge is 0.484 e. The molecule has 1 aromatic rings. The van der Waals surface area contributed by atoms with Crippen LogP contribution in [0.15, 0.2) is 24.3 Å². The van der Waals surface area contributed by atoms with Gasteiger partial charge < -0.3 is 15.8 Å². The maximum absolute atomic E-state index is 11.9. The SMILES string of the molecule is NCCc1ccc(OCC(=O)NC2CCCCCC2)cc1. The summed E-state index contributed by atoms with van der Waals surface area (Å²) in [5.41, 5.74) is 6.70. The molecule has 0 radical (unpaired) electrons. The molecule has 3 N–H and O–H groups in total. The Morgan fingerprint density at radius 3 is 2.43 bits per heavy atom. The number of amides is 1. The van der Waals surface area contributed by atoms with Gasteiger partial charge in [-0.1, -0.05) is 37.8 Å². The molecule has 0 spiro atoms. The van der Waals surface area contributed by atoms with Gasteiger partial charge in [-0.25, -0.2) is 0 Å². The van der Waals surface area contributed by atoms with Gasteiger partial charge in [-0.05, 0) is 43.5 Å². The summed E-state index contributed by atoms with van der Waals surface area (Å²) in [7, 11) is 0. The molecule has 4 nitrogen and oxygen atoms in total.